The Hall–Kier alpha value is -4.99. The fourth-order valence-corrected chi connectivity index (χ4v) is 4.22. The van der Waals surface area contributed by atoms with E-state index in [9.17, 15) is 14.9 Å². The summed E-state index contributed by atoms with van der Waals surface area (Å²) in [5.41, 5.74) is 2.32. The van der Waals surface area contributed by atoms with E-state index in [0.717, 1.165) is 0 Å². The van der Waals surface area contributed by atoms with Gasteiger partial charge in [-0.15, -0.1) is 5.10 Å². The molecule has 2 N–H and O–H groups in total. The van der Waals surface area contributed by atoms with E-state index in [-0.39, 0.29) is 5.69 Å². The number of hydrogen-bond donors (Lipinski definition) is 2. The van der Waals surface area contributed by atoms with Gasteiger partial charge in [0.15, 0.2) is 5.82 Å². The van der Waals surface area contributed by atoms with Crippen LogP contribution in [-0.2, 0) is 4.79 Å². The maximum Gasteiger partial charge on any atom is 0.275 e. The van der Waals surface area contributed by atoms with Gasteiger partial charge in [-0.05, 0) is 37.3 Å². The molecule has 1 atom stereocenters. The average molecular weight is 483 g/mol. The minimum absolute atomic E-state index is 0.119. The normalized spacial score (nSPS) is 14.6. The second-order valence-electron chi connectivity index (χ2n) is 8.14. The number of fused-ring (bicyclic) bond motifs is 1. The number of amides is 1. The van der Waals surface area contributed by atoms with Crippen molar-refractivity contribution in [3.63, 3.8) is 0 Å². The Balaban J connectivity index is 1.66. The minimum Gasteiger partial charge on any atom is -0.497 e. The highest BCUT2D eigenvalue weighted by atomic mass is 16.6. The van der Waals surface area contributed by atoms with Gasteiger partial charge in [-0.25, -0.2) is 4.68 Å². The van der Waals surface area contributed by atoms with Gasteiger partial charge >= 0.3 is 0 Å². The molecule has 5 rings (SSSR count). The van der Waals surface area contributed by atoms with Gasteiger partial charge in [0.25, 0.3) is 11.6 Å². The number of methoxy groups -OCH3 is 1. The molecule has 180 valence electrons. The molecule has 0 fully saturated rings. The number of hydrogen-bond acceptors (Lipinski definition) is 7. The fraction of sp³-hybridized carbons (Fsp3) is 0.115. The first-order valence-electron chi connectivity index (χ1n) is 11.1. The van der Waals surface area contributed by atoms with Gasteiger partial charge in [0.05, 0.1) is 23.2 Å². The van der Waals surface area contributed by atoms with Crippen LogP contribution in [0.4, 0.5) is 17.3 Å². The molecule has 1 amide bonds. The third-order valence-electron chi connectivity index (χ3n) is 5.88. The molecule has 1 aromatic heterocycles. The molecule has 4 aromatic rings. The number of anilines is 2. The predicted molar refractivity (Wildman–Crippen MR) is 135 cm³/mol. The number of carbonyl (C=O) groups is 1. The average Bonchev–Trinajstić information content (AvgIpc) is 3.32. The number of nitro benzene ring substituents is 1. The van der Waals surface area contributed by atoms with Crippen molar-refractivity contribution in [3.05, 3.63) is 106 Å². The number of aromatic nitrogens is 3. The number of nitrogens with zero attached hydrogens (tertiary/aromatic N) is 4. The van der Waals surface area contributed by atoms with Crippen molar-refractivity contribution >= 4 is 23.2 Å². The maximum absolute atomic E-state index is 13.6. The highest BCUT2D eigenvalue weighted by molar-refractivity contribution is 6.06. The molecule has 10 heteroatoms. The molecule has 10 nitrogen and oxygen atoms in total. The van der Waals surface area contributed by atoms with E-state index in [1.165, 1.54) is 10.7 Å². The molecule has 1 aliphatic rings. The Morgan fingerprint density at radius 3 is 2.58 bits per heavy atom. The molecule has 0 bridgehead atoms. The number of nitrogens with one attached hydrogen (secondary N) is 2. The van der Waals surface area contributed by atoms with Crippen LogP contribution in [0, 0.1) is 10.1 Å². The van der Waals surface area contributed by atoms with Crippen LogP contribution in [0.5, 0.6) is 5.75 Å². The Morgan fingerprint density at radius 2 is 1.83 bits per heavy atom. The molecule has 0 spiro atoms. The first-order chi connectivity index (χ1) is 17.5. The van der Waals surface area contributed by atoms with Gasteiger partial charge in [0.1, 0.15) is 11.8 Å². The van der Waals surface area contributed by atoms with Crippen molar-refractivity contribution in [3.8, 4) is 17.1 Å². The van der Waals surface area contributed by atoms with Crippen LogP contribution in [0.15, 0.2) is 90.1 Å². The summed E-state index contributed by atoms with van der Waals surface area (Å²) in [6.45, 7) is 1.74. The lowest BCUT2D eigenvalue weighted by Crippen LogP contribution is -2.31. The second-order valence-corrected chi connectivity index (χ2v) is 8.14. The molecule has 0 saturated heterocycles. The van der Waals surface area contributed by atoms with E-state index in [1.807, 2.05) is 36.4 Å². The van der Waals surface area contributed by atoms with E-state index in [1.54, 1.807) is 50.4 Å². The van der Waals surface area contributed by atoms with Crippen molar-refractivity contribution < 1.29 is 14.5 Å². The summed E-state index contributed by atoms with van der Waals surface area (Å²) < 4.78 is 6.84. The zero-order valence-corrected chi connectivity index (χ0v) is 19.5. The Labute approximate surface area is 206 Å². The van der Waals surface area contributed by atoms with E-state index >= 15 is 0 Å². The topological polar surface area (TPSA) is 124 Å². The zero-order valence-electron chi connectivity index (χ0n) is 19.5. The molecule has 1 unspecified atom stereocenters. The van der Waals surface area contributed by atoms with Gasteiger partial charge < -0.3 is 15.4 Å². The Morgan fingerprint density at radius 1 is 1.08 bits per heavy atom. The Kier molecular flexibility index (Phi) is 5.91. The Bertz CT molecular complexity index is 1500. The number of allylic oxidation sites excluding steroid dienone is 1. The van der Waals surface area contributed by atoms with Crippen molar-refractivity contribution in [1.82, 2.24) is 14.8 Å². The monoisotopic (exact) mass is 482 g/mol. The minimum atomic E-state index is -0.890. The van der Waals surface area contributed by atoms with Crippen LogP contribution in [0.3, 0.4) is 0 Å². The predicted octanol–water partition coefficient (Wildman–Crippen LogP) is 4.79. The smallest absolute Gasteiger partial charge is 0.275 e. The second kappa shape index (κ2) is 9.34. The largest absolute Gasteiger partial charge is 0.497 e. The molecule has 2 heterocycles. The van der Waals surface area contributed by atoms with E-state index in [0.29, 0.717) is 45.6 Å². The zero-order chi connectivity index (χ0) is 25.2. The van der Waals surface area contributed by atoms with Crippen molar-refractivity contribution in [2.45, 2.75) is 13.0 Å². The van der Waals surface area contributed by atoms with Gasteiger partial charge in [0.2, 0.25) is 5.95 Å². The van der Waals surface area contributed by atoms with E-state index < -0.39 is 16.9 Å². The quantitative estimate of drug-likeness (QED) is 0.299. The van der Waals surface area contributed by atoms with Gasteiger partial charge in [-0.3, -0.25) is 14.9 Å². The van der Waals surface area contributed by atoms with Crippen molar-refractivity contribution in [1.29, 1.82) is 0 Å². The van der Waals surface area contributed by atoms with Gasteiger partial charge in [0, 0.05) is 23.0 Å². The standard InChI is InChI=1S/C26H22N6O4/c1-16-22(25(33)28-18-10-4-3-5-11-18)23(20-13-6-7-14-21(20)32(34)35)31-26(27-16)29-24(30-31)17-9-8-12-19(15-17)36-2/h3-15,23H,1-2H3,(H,28,33)(H,27,29,30). The number of para-hydroxylation sites is 2. The van der Waals surface area contributed by atoms with E-state index in [4.69, 9.17) is 4.74 Å². The van der Waals surface area contributed by atoms with Crippen LogP contribution in [0.1, 0.15) is 18.5 Å². The number of nitro groups is 1. The molecular weight excluding hydrogens is 460 g/mol. The summed E-state index contributed by atoms with van der Waals surface area (Å²) in [7, 11) is 1.57. The lowest BCUT2D eigenvalue weighted by Gasteiger charge is -2.28. The van der Waals surface area contributed by atoms with Gasteiger partial charge in [-0.1, -0.05) is 42.5 Å². The maximum atomic E-state index is 13.6. The highest BCUT2D eigenvalue weighted by Gasteiger charge is 2.37. The van der Waals surface area contributed by atoms with Crippen LogP contribution < -0.4 is 15.4 Å². The summed E-state index contributed by atoms with van der Waals surface area (Å²) in [6.07, 6.45) is 0. The number of rotatable bonds is 6. The molecule has 0 radical (unpaired) electrons. The van der Waals surface area contributed by atoms with Crippen LogP contribution in [0.2, 0.25) is 0 Å². The van der Waals surface area contributed by atoms with Crippen LogP contribution in [-0.4, -0.2) is 32.7 Å². The number of benzene rings is 3. The summed E-state index contributed by atoms with van der Waals surface area (Å²) >= 11 is 0. The summed E-state index contributed by atoms with van der Waals surface area (Å²) in [6, 6.07) is 21.7. The third kappa shape index (κ3) is 4.16. The van der Waals surface area contributed by atoms with Crippen LogP contribution in [0.25, 0.3) is 11.4 Å². The first-order valence-corrected chi connectivity index (χ1v) is 11.1. The third-order valence-corrected chi connectivity index (χ3v) is 5.88. The highest BCUT2D eigenvalue weighted by Crippen LogP contribution is 2.40. The first kappa shape index (κ1) is 22.8. The van der Waals surface area contributed by atoms with Crippen LogP contribution >= 0.6 is 0 Å². The van der Waals surface area contributed by atoms with Crippen molar-refractivity contribution in [2.24, 2.45) is 0 Å². The molecule has 1 aliphatic heterocycles. The van der Waals surface area contributed by atoms with Crippen molar-refractivity contribution in [2.75, 3.05) is 17.7 Å². The number of ether oxygens (including phenoxy) is 1. The number of carbonyl (C=O) groups excluding carboxylic acids is 1. The fourth-order valence-electron chi connectivity index (χ4n) is 4.22. The molecule has 3 aromatic carbocycles. The lowest BCUT2D eigenvalue weighted by atomic mass is 9.93. The summed E-state index contributed by atoms with van der Waals surface area (Å²) in [5.74, 6) is 0.987. The SMILES string of the molecule is COc1cccc(-c2nc3n(n2)C(c2ccccc2[N+](=O)[O-])C(C(=O)Nc2ccccc2)=C(C)N3)c1. The molecule has 36 heavy (non-hydrogen) atoms. The lowest BCUT2D eigenvalue weighted by molar-refractivity contribution is -0.385. The summed E-state index contributed by atoms with van der Waals surface area (Å²) in [4.78, 5) is 29.7. The molecular formula is C26H22N6O4. The summed E-state index contributed by atoms with van der Waals surface area (Å²) in [5, 5.41) is 22.7. The van der Waals surface area contributed by atoms with E-state index in [2.05, 4.69) is 20.7 Å². The molecule has 0 aliphatic carbocycles. The van der Waals surface area contributed by atoms with Gasteiger partial charge in [-0.2, -0.15) is 4.98 Å². The molecule has 0 saturated carbocycles.